The highest BCUT2D eigenvalue weighted by molar-refractivity contribution is 7.51. The fourth-order valence-electron chi connectivity index (χ4n) is 5.22. The first-order valence-corrected chi connectivity index (χ1v) is 16.3. The molecule has 0 bridgehead atoms. The van der Waals surface area contributed by atoms with Gasteiger partial charge in [0.25, 0.3) is 5.91 Å². The van der Waals surface area contributed by atoms with Gasteiger partial charge in [0.15, 0.2) is 0 Å². The third-order valence-corrected chi connectivity index (χ3v) is 8.82. The number of fused-ring (bicyclic) bond motifs is 1. The zero-order valence-corrected chi connectivity index (χ0v) is 26.9. The van der Waals surface area contributed by atoms with Crippen LogP contribution in [0.25, 0.3) is 11.1 Å². The van der Waals surface area contributed by atoms with Gasteiger partial charge in [-0.1, -0.05) is 12.1 Å². The van der Waals surface area contributed by atoms with Gasteiger partial charge < -0.3 is 39.9 Å². The lowest BCUT2D eigenvalue weighted by Gasteiger charge is -2.18. The Labute approximate surface area is 272 Å². The fraction of sp³-hybridized carbons (Fsp3) is 0.333. The molecule has 2 atom stereocenters. The van der Waals surface area contributed by atoms with E-state index in [0.29, 0.717) is 28.5 Å². The highest BCUT2D eigenvalue weighted by Gasteiger charge is 2.37. The summed E-state index contributed by atoms with van der Waals surface area (Å²) in [6.45, 7) is 1.41. The number of aliphatic hydroxyl groups excluding tert-OH is 2. The first-order chi connectivity index (χ1) is 22.7. The van der Waals surface area contributed by atoms with Crippen LogP contribution in [0.1, 0.15) is 34.0 Å². The Morgan fingerprint density at radius 3 is 2.58 bits per heavy atom. The van der Waals surface area contributed by atoms with Crippen LogP contribution in [0.3, 0.4) is 0 Å². The average Bonchev–Trinajstić information content (AvgIpc) is 3.60. The summed E-state index contributed by atoms with van der Waals surface area (Å²) in [5.74, 6) is -1.05. The van der Waals surface area contributed by atoms with Gasteiger partial charge in [-0.05, 0) is 41.8 Å². The molecule has 0 saturated heterocycles. The third-order valence-electron chi connectivity index (χ3n) is 7.39. The number of nitrogens with zero attached hydrogens (tertiary/aromatic N) is 5. The lowest BCUT2D eigenvalue weighted by atomic mass is 9.97. The molecule has 0 saturated carbocycles. The maximum atomic E-state index is 14.1. The Balaban J connectivity index is 1.48. The van der Waals surface area contributed by atoms with Gasteiger partial charge in [-0.3, -0.25) is 14.0 Å². The maximum absolute atomic E-state index is 14.1. The van der Waals surface area contributed by atoms with Crippen molar-refractivity contribution >= 4 is 36.6 Å². The van der Waals surface area contributed by atoms with Crippen molar-refractivity contribution in [3.63, 3.8) is 0 Å². The van der Waals surface area contributed by atoms with Crippen molar-refractivity contribution < 1.29 is 46.9 Å². The van der Waals surface area contributed by atoms with Crippen molar-refractivity contribution in [1.29, 1.82) is 0 Å². The predicted octanol–water partition coefficient (Wildman–Crippen LogP) is 4.52. The number of carbonyl (C=O) groups excluding carboxylic acids is 1. The molecule has 1 aliphatic heterocycles. The van der Waals surface area contributed by atoms with Crippen LogP contribution in [-0.2, 0) is 34.5 Å². The van der Waals surface area contributed by atoms with Crippen molar-refractivity contribution in [2.24, 2.45) is 0 Å². The topological polar surface area (TPSA) is 184 Å². The monoisotopic (exact) mass is 691 g/mol. The molecule has 4 aromatic rings. The van der Waals surface area contributed by atoms with Crippen LogP contribution in [0, 0.1) is 0 Å². The first-order valence-electron chi connectivity index (χ1n) is 14.6. The molecular formula is C30H33F3N7O7P. The molecule has 1 amide bonds. The van der Waals surface area contributed by atoms with Gasteiger partial charge in [-0.2, -0.15) is 23.3 Å². The number of rotatable bonds is 13. The number of hydrogen-bond acceptors (Lipinski definition) is 11. The Kier molecular flexibility index (Phi) is 10.1. The molecule has 14 nitrogen and oxygen atoms in total. The summed E-state index contributed by atoms with van der Waals surface area (Å²) < 4.78 is 66.4. The summed E-state index contributed by atoms with van der Waals surface area (Å²) in [6.07, 6.45) is -2.38. The number of aromatic nitrogens is 4. The quantitative estimate of drug-likeness (QED) is 0.124. The van der Waals surface area contributed by atoms with Crippen molar-refractivity contribution in [1.82, 2.24) is 24.6 Å². The van der Waals surface area contributed by atoms with Crippen molar-refractivity contribution in [2.75, 3.05) is 38.0 Å². The Morgan fingerprint density at radius 1 is 1.15 bits per heavy atom. The number of halogens is 3. The average molecular weight is 692 g/mol. The molecule has 18 heteroatoms. The molecule has 0 fully saturated rings. The minimum atomic E-state index is -4.85. The molecule has 2 aromatic heterocycles. The zero-order chi connectivity index (χ0) is 34.8. The molecule has 48 heavy (non-hydrogen) atoms. The molecule has 0 spiro atoms. The van der Waals surface area contributed by atoms with E-state index in [9.17, 15) is 32.5 Å². The van der Waals surface area contributed by atoms with Gasteiger partial charge in [0.1, 0.15) is 17.1 Å². The molecule has 1 unspecified atom stereocenters. The van der Waals surface area contributed by atoms with E-state index < -0.39 is 43.8 Å². The van der Waals surface area contributed by atoms with E-state index in [1.807, 2.05) is 0 Å². The van der Waals surface area contributed by atoms with E-state index >= 15 is 0 Å². The smallest absolute Gasteiger partial charge is 0.421 e. The van der Waals surface area contributed by atoms with Crippen molar-refractivity contribution in [3.8, 4) is 16.9 Å². The number of ether oxygens (including phenoxy) is 1. The molecule has 0 aliphatic carbocycles. The Bertz CT molecular complexity index is 1870. The Morgan fingerprint density at radius 2 is 1.90 bits per heavy atom. The normalized spacial score (nSPS) is 14.9. The summed E-state index contributed by atoms with van der Waals surface area (Å²) in [5.41, 5.74) is 1.54. The molecule has 0 radical (unpaired) electrons. The summed E-state index contributed by atoms with van der Waals surface area (Å²) in [6, 6.07) is 7.64. The van der Waals surface area contributed by atoms with E-state index in [2.05, 4.69) is 25.7 Å². The highest BCUT2D eigenvalue weighted by atomic mass is 31.2. The highest BCUT2D eigenvalue weighted by Crippen LogP contribution is 2.46. The minimum Gasteiger partial charge on any atom is -0.495 e. The predicted molar refractivity (Wildman–Crippen MR) is 168 cm³/mol. The molecule has 256 valence electrons. The van der Waals surface area contributed by atoms with Crippen LogP contribution in [-0.4, -0.2) is 79.1 Å². The van der Waals surface area contributed by atoms with Gasteiger partial charge >= 0.3 is 13.8 Å². The summed E-state index contributed by atoms with van der Waals surface area (Å²) >= 11 is 0. The number of anilines is 4. The van der Waals surface area contributed by atoms with E-state index in [1.165, 1.54) is 47.2 Å². The third kappa shape index (κ3) is 7.61. The minimum absolute atomic E-state index is 0.0378. The molecule has 2 aromatic carbocycles. The van der Waals surface area contributed by atoms with E-state index in [-0.39, 0.29) is 54.5 Å². The molecule has 5 N–H and O–H groups in total. The maximum Gasteiger partial charge on any atom is 0.421 e. The molecular weight excluding hydrogens is 658 g/mol. The fourth-order valence-corrected chi connectivity index (χ4v) is 6.37. The van der Waals surface area contributed by atoms with Crippen LogP contribution >= 0.6 is 7.60 Å². The SMILES string of the molecule is CCOP(=O)(O)Cc1ccc(Nc2ncc(C(F)(F)F)c(Nc3ccc(-c4cnn(C[C@H](O)CO)c4)c4c3C(=O)N(C)C4)n2)c(OC)c1. The van der Waals surface area contributed by atoms with E-state index in [0.717, 1.165) is 0 Å². The van der Waals surface area contributed by atoms with E-state index in [1.54, 1.807) is 26.2 Å². The zero-order valence-electron chi connectivity index (χ0n) is 26.0. The largest absolute Gasteiger partial charge is 0.495 e. The van der Waals surface area contributed by atoms with Crippen LogP contribution in [0.2, 0.25) is 0 Å². The van der Waals surface area contributed by atoms with Crippen LogP contribution < -0.4 is 15.4 Å². The lowest BCUT2D eigenvalue weighted by molar-refractivity contribution is -0.137. The summed E-state index contributed by atoms with van der Waals surface area (Å²) in [4.78, 5) is 32.6. The number of methoxy groups -OCH3 is 1. The van der Waals surface area contributed by atoms with Gasteiger partial charge in [0.2, 0.25) is 5.95 Å². The lowest BCUT2D eigenvalue weighted by Crippen LogP contribution is -2.19. The van der Waals surface area contributed by atoms with Gasteiger partial charge in [-0.25, -0.2) is 4.98 Å². The van der Waals surface area contributed by atoms with Gasteiger partial charge in [-0.15, -0.1) is 0 Å². The van der Waals surface area contributed by atoms with Crippen LogP contribution in [0.4, 0.5) is 36.3 Å². The number of carbonyl (C=O) groups is 1. The number of amides is 1. The second-order valence-electron chi connectivity index (χ2n) is 10.9. The standard InChI is InChI=1S/C30H33F3N7O7P/c1-4-47-48(44,45)16-17-5-7-23(25(9-17)46-3)37-29-34-11-22(30(31,32)33)27(38-29)36-24-8-6-20(21-14-39(2)28(43)26(21)24)18-10-35-40(12-18)13-19(42)15-41/h5-12,19,41-42H,4,13-16H2,1-3H3,(H,44,45)(H2,34,36,37,38)/t19-/m0/s1. The molecule has 1 aliphatic rings. The van der Waals surface area contributed by atoms with Crippen molar-refractivity contribution in [2.45, 2.75) is 38.5 Å². The second-order valence-corrected chi connectivity index (χ2v) is 12.8. The number of nitrogens with one attached hydrogen (secondary N) is 2. The number of aliphatic hydroxyl groups is 2. The number of alkyl halides is 3. The first kappa shape index (κ1) is 34.8. The summed E-state index contributed by atoms with van der Waals surface area (Å²) in [7, 11) is -0.969. The summed E-state index contributed by atoms with van der Waals surface area (Å²) in [5, 5.41) is 28.7. The van der Waals surface area contributed by atoms with Crippen LogP contribution in [0.5, 0.6) is 5.75 Å². The second kappa shape index (κ2) is 13.9. The van der Waals surface area contributed by atoms with E-state index in [4.69, 9.17) is 14.4 Å². The van der Waals surface area contributed by atoms with Gasteiger partial charge in [0.05, 0.1) is 62.3 Å². The van der Waals surface area contributed by atoms with Crippen LogP contribution in [0.15, 0.2) is 48.9 Å². The number of benzene rings is 2. The van der Waals surface area contributed by atoms with Crippen molar-refractivity contribution in [3.05, 3.63) is 71.2 Å². The molecule has 5 rings (SSSR count). The van der Waals surface area contributed by atoms with Gasteiger partial charge in [0, 0.05) is 31.5 Å². The Hall–Kier alpha value is -4.54. The number of hydrogen-bond donors (Lipinski definition) is 5. The molecule has 3 heterocycles.